The Balaban J connectivity index is 2.07. The highest BCUT2D eigenvalue weighted by atomic mass is 35.5. The molecule has 2 atom stereocenters. The van der Waals surface area contributed by atoms with E-state index in [1.165, 1.54) is 25.3 Å². The van der Waals surface area contributed by atoms with Crippen molar-refractivity contribution in [2.24, 2.45) is 17.6 Å². The Morgan fingerprint density at radius 2 is 2.05 bits per heavy atom. The topological polar surface area (TPSA) is 72.2 Å². The molecular formula is C15H23ClN2O2S. The Hall–Kier alpha value is -0.620. The van der Waals surface area contributed by atoms with Crippen molar-refractivity contribution < 1.29 is 8.42 Å². The van der Waals surface area contributed by atoms with Crippen LogP contribution in [0.5, 0.6) is 0 Å². The average molecular weight is 331 g/mol. The minimum absolute atomic E-state index is 0.224. The summed E-state index contributed by atoms with van der Waals surface area (Å²) in [6.07, 6.45) is 4.72. The van der Waals surface area contributed by atoms with Crippen LogP contribution in [0.15, 0.2) is 23.1 Å². The van der Waals surface area contributed by atoms with Gasteiger partial charge in [-0.2, -0.15) is 0 Å². The average Bonchev–Trinajstić information content (AvgIpc) is 2.46. The van der Waals surface area contributed by atoms with Crippen LogP contribution in [0.4, 0.5) is 0 Å². The second kappa shape index (κ2) is 7.09. The lowest BCUT2D eigenvalue weighted by molar-refractivity contribution is 0.257. The second-order valence-electron chi connectivity index (χ2n) is 5.83. The summed E-state index contributed by atoms with van der Waals surface area (Å²) < 4.78 is 27.5. The van der Waals surface area contributed by atoms with Crippen LogP contribution in [-0.4, -0.2) is 15.0 Å². The third kappa shape index (κ3) is 4.19. The van der Waals surface area contributed by atoms with Gasteiger partial charge in [-0.3, -0.25) is 0 Å². The zero-order valence-electron chi connectivity index (χ0n) is 12.3. The number of nitrogens with one attached hydrogen (secondary N) is 1. The van der Waals surface area contributed by atoms with Crippen molar-refractivity contribution in [3.05, 3.63) is 28.8 Å². The van der Waals surface area contributed by atoms with E-state index in [-0.39, 0.29) is 11.4 Å². The van der Waals surface area contributed by atoms with E-state index in [0.29, 0.717) is 29.0 Å². The summed E-state index contributed by atoms with van der Waals surface area (Å²) in [5.41, 5.74) is 6.22. The van der Waals surface area contributed by atoms with Gasteiger partial charge in [0.15, 0.2) is 0 Å². The van der Waals surface area contributed by atoms with Crippen LogP contribution in [0.3, 0.4) is 0 Å². The lowest BCUT2D eigenvalue weighted by Crippen LogP contribution is -2.33. The molecule has 0 aromatic heterocycles. The van der Waals surface area contributed by atoms with Gasteiger partial charge in [-0.25, -0.2) is 13.1 Å². The molecule has 1 aromatic rings. The summed E-state index contributed by atoms with van der Waals surface area (Å²) in [5, 5.41) is 0.498. The molecule has 0 heterocycles. The molecule has 0 amide bonds. The summed E-state index contributed by atoms with van der Waals surface area (Å²) in [4.78, 5) is 0.232. The molecule has 0 radical (unpaired) electrons. The zero-order valence-corrected chi connectivity index (χ0v) is 13.9. The molecule has 2 unspecified atom stereocenters. The highest BCUT2D eigenvalue weighted by Crippen LogP contribution is 2.29. The Kier molecular flexibility index (Phi) is 5.66. The number of hydrogen-bond donors (Lipinski definition) is 2. The van der Waals surface area contributed by atoms with Crippen LogP contribution < -0.4 is 10.5 Å². The molecule has 0 saturated heterocycles. The standard InChI is InChI=1S/C15H23ClN2O2S/c1-11-4-2-3-5-12(11)10-18-21(19,20)14-6-7-15(16)13(8-14)9-17/h6-8,11-12,18H,2-5,9-10,17H2,1H3. The Morgan fingerprint density at radius 3 is 2.71 bits per heavy atom. The van der Waals surface area contributed by atoms with E-state index in [1.54, 1.807) is 12.1 Å². The van der Waals surface area contributed by atoms with Crippen molar-refractivity contribution in [3.8, 4) is 0 Å². The summed E-state index contributed by atoms with van der Waals surface area (Å²) in [6, 6.07) is 4.66. The van der Waals surface area contributed by atoms with Gasteiger partial charge in [-0.1, -0.05) is 37.8 Å². The minimum atomic E-state index is -3.50. The number of rotatable bonds is 5. The monoisotopic (exact) mass is 330 g/mol. The fourth-order valence-electron chi connectivity index (χ4n) is 2.87. The summed E-state index contributed by atoms with van der Waals surface area (Å²) in [7, 11) is -3.50. The van der Waals surface area contributed by atoms with Crippen molar-refractivity contribution in [2.45, 2.75) is 44.0 Å². The smallest absolute Gasteiger partial charge is 0.240 e. The van der Waals surface area contributed by atoms with E-state index in [1.807, 2.05) is 0 Å². The minimum Gasteiger partial charge on any atom is -0.326 e. The maximum absolute atomic E-state index is 12.4. The van der Waals surface area contributed by atoms with Crippen LogP contribution >= 0.6 is 11.6 Å². The molecule has 118 valence electrons. The summed E-state index contributed by atoms with van der Waals surface area (Å²) >= 11 is 5.97. The Labute approximate surface area is 132 Å². The van der Waals surface area contributed by atoms with E-state index in [9.17, 15) is 8.42 Å². The van der Waals surface area contributed by atoms with Gasteiger partial charge in [-0.05, 0) is 42.0 Å². The second-order valence-corrected chi connectivity index (χ2v) is 8.01. The first kappa shape index (κ1) is 16.7. The van der Waals surface area contributed by atoms with Gasteiger partial charge in [-0.15, -0.1) is 0 Å². The molecule has 1 fully saturated rings. The summed E-state index contributed by atoms with van der Waals surface area (Å²) in [5.74, 6) is 1.00. The number of hydrogen-bond acceptors (Lipinski definition) is 3. The lowest BCUT2D eigenvalue weighted by Gasteiger charge is -2.28. The fraction of sp³-hybridized carbons (Fsp3) is 0.600. The van der Waals surface area contributed by atoms with Crippen LogP contribution in [0.25, 0.3) is 0 Å². The normalized spacial score (nSPS) is 23.2. The van der Waals surface area contributed by atoms with Gasteiger partial charge in [0, 0.05) is 18.1 Å². The number of benzene rings is 1. The van der Waals surface area contributed by atoms with Crippen molar-refractivity contribution in [1.82, 2.24) is 4.72 Å². The molecule has 0 aliphatic heterocycles. The zero-order chi connectivity index (χ0) is 15.5. The van der Waals surface area contributed by atoms with Crippen LogP contribution in [-0.2, 0) is 16.6 Å². The fourth-order valence-corrected chi connectivity index (χ4v) is 4.21. The van der Waals surface area contributed by atoms with E-state index in [2.05, 4.69) is 11.6 Å². The largest absolute Gasteiger partial charge is 0.326 e. The van der Waals surface area contributed by atoms with Crippen molar-refractivity contribution in [1.29, 1.82) is 0 Å². The van der Waals surface area contributed by atoms with E-state index >= 15 is 0 Å². The van der Waals surface area contributed by atoms with Crippen LogP contribution in [0, 0.1) is 11.8 Å². The SMILES string of the molecule is CC1CCCCC1CNS(=O)(=O)c1ccc(Cl)c(CN)c1. The van der Waals surface area contributed by atoms with Gasteiger partial charge in [0.25, 0.3) is 0 Å². The van der Waals surface area contributed by atoms with Gasteiger partial charge < -0.3 is 5.73 Å². The highest BCUT2D eigenvalue weighted by Gasteiger charge is 2.24. The Bertz CT molecular complexity index is 589. The predicted molar refractivity (Wildman–Crippen MR) is 85.7 cm³/mol. The number of sulfonamides is 1. The van der Waals surface area contributed by atoms with Crippen molar-refractivity contribution in [2.75, 3.05) is 6.54 Å². The van der Waals surface area contributed by atoms with Gasteiger partial charge in [0.2, 0.25) is 10.0 Å². The molecule has 2 rings (SSSR count). The third-order valence-electron chi connectivity index (χ3n) is 4.37. The molecule has 0 bridgehead atoms. The first-order chi connectivity index (χ1) is 9.94. The molecular weight excluding hydrogens is 308 g/mol. The summed E-state index contributed by atoms with van der Waals surface area (Å²) in [6.45, 7) is 2.93. The maximum atomic E-state index is 12.4. The highest BCUT2D eigenvalue weighted by molar-refractivity contribution is 7.89. The van der Waals surface area contributed by atoms with Gasteiger partial charge in [0.1, 0.15) is 0 Å². The predicted octanol–water partition coefficient (Wildman–Crippen LogP) is 2.90. The molecule has 6 heteroatoms. The number of halogens is 1. The van der Waals surface area contributed by atoms with Gasteiger partial charge >= 0.3 is 0 Å². The molecule has 1 aromatic carbocycles. The number of nitrogens with two attached hydrogens (primary N) is 1. The molecule has 1 saturated carbocycles. The van der Waals surface area contributed by atoms with Crippen LogP contribution in [0.2, 0.25) is 5.02 Å². The molecule has 21 heavy (non-hydrogen) atoms. The molecule has 3 N–H and O–H groups in total. The van der Waals surface area contributed by atoms with E-state index in [0.717, 1.165) is 6.42 Å². The molecule has 1 aliphatic carbocycles. The van der Waals surface area contributed by atoms with E-state index < -0.39 is 10.0 Å². The van der Waals surface area contributed by atoms with Crippen LogP contribution in [0.1, 0.15) is 38.2 Å². The van der Waals surface area contributed by atoms with Gasteiger partial charge in [0.05, 0.1) is 4.90 Å². The maximum Gasteiger partial charge on any atom is 0.240 e. The Morgan fingerprint density at radius 1 is 1.33 bits per heavy atom. The van der Waals surface area contributed by atoms with Crippen molar-refractivity contribution in [3.63, 3.8) is 0 Å². The lowest BCUT2D eigenvalue weighted by atomic mass is 9.81. The first-order valence-corrected chi connectivity index (χ1v) is 9.28. The molecule has 4 nitrogen and oxygen atoms in total. The quantitative estimate of drug-likeness (QED) is 0.872. The molecule has 1 aliphatic rings. The molecule has 0 spiro atoms. The van der Waals surface area contributed by atoms with E-state index in [4.69, 9.17) is 17.3 Å². The first-order valence-electron chi connectivity index (χ1n) is 7.42. The third-order valence-corrected chi connectivity index (χ3v) is 6.16. The van der Waals surface area contributed by atoms with Crippen molar-refractivity contribution >= 4 is 21.6 Å².